The van der Waals surface area contributed by atoms with Gasteiger partial charge in [0.2, 0.25) is 0 Å². The summed E-state index contributed by atoms with van der Waals surface area (Å²) in [6.45, 7) is 11.6. The molecule has 0 aromatic rings. The Bertz CT molecular complexity index is 404. The van der Waals surface area contributed by atoms with Gasteiger partial charge in [0.1, 0.15) is 0 Å². The Morgan fingerprint density at radius 3 is 2.30 bits per heavy atom. The van der Waals surface area contributed by atoms with E-state index in [1.54, 1.807) is 25.4 Å². The van der Waals surface area contributed by atoms with E-state index in [1.807, 2.05) is 0 Å². The molecular weight excluding hydrogens is 248 g/mol. The van der Waals surface area contributed by atoms with Gasteiger partial charge in [-0.25, -0.2) is 0 Å². The average Bonchev–Trinajstić information content (AvgIpc) is 2.40. The van der Waals surface area contributed by atoms with Crippen LogP contribution >= 0.6 is 0 Å². The highest BCUT2D eigenvalue weighted by Crippen LogP contribution is 2.57. The first kappa shape index (κ1) is 16.0. The average molecular weight is 280 g/mol. The predicted molar refractivity (Wildman–Crippen MR) is 83.6 cm³/mol. The first-order valence-corrected chi connectivity index (χ1v) is 8.02. The van der Waals surface area contributed by atoms with Crippen LogP contribution in [0.4, 0.5) is 0 Å². The van der Waals surface area contributed by atoms with E-state index in [2.05, 4.69) is 34.6 Å². The first-order valence-electron chi connectivity index (χ1n) is 8.02. The quantitative estimate of drug-likeness (QED) is 0.538. The Morgan fingerprint density at radius 1 is 1.15 bits per heavy atom. The van der Waals surface area contributed by atoms with E-state index in [4.69, 9.17) is 9.47 Å². The molecule has 0 amide bonds. The third-order valence-corrected chi connectivity index (χ3v) is 6.52. The lowest BCUT2D eigenvalue weighted by molar-refractivity contribution is -0.275. The fourth-order valence-electron chi connectivity index (χ4n) is 4.41. The molecule has 116 valence electrons. The molecule has 2 atom stereocenters. The van der Waals surface area contributed by atoms with Gasteiger partial charge in [0.05, 0.1) is 0 Å². The molecule has 0 radical (unpaired) electrons. The van der Waals surface area contributed by atoms with Crippen LogP contribution in [0.2, 0.25) is 0 Å². The molecule has 0 spiro atoms. The topological polar surface area (TPSA) is 18.5 Å². The number of methoxy groups -OCH3 is 2. The van der Waals surface area contributed by atoms with Crippen molar-refractivity contribution in [2.45, 2.75) is 72.5 Å². The van der Waals surface area contributed by atoms with Crippen molar-refractivity contribution in [3.05, 3.63) is 11.1 Å². The molecule has 0 aromatic heterocycles. The van der Waals surface area contributed by atoms with Gasteiger partial charge in [-0.2, -0.15) is 0 Å². The fraction of sp³-hybridized carbons (Fsp3) is 0.889. The molecule has 0 fully saturated rings. The molecule has 2 rings (SSSR count). The largest absolute Gasteiger partial charge is 0.353 e. The smallest absolute Gasteiger partial charge is 0.170 e. The van der Waals surface area contributed by atoms with E-state index >= 15 is 0 Å². The van der Waals surface area contributed by atoms with Gasteiger partial charge in [0, 0.05) is 19.6 Å². The highest BCUT2D eigenvalue weighted by Gasteiger charge is 2.53. The number of rotatable bonds is 3. The van der Waals surface area contributed by atoms with Crippen LogP contribution in [-0.2, 0) is 9.47 Å². The molecule has 0 heterocycles. The zero-order valence-electron chi connectivity index (χ0n) is 14.4. The maximum Gasteiger partial charge on any atom is 0.170 e. The summed E-state index contributed by atoms with van der Waals surface area (Å²) in [5.41, 5.74) is 3.78. The van der Waals surface area contributed by atoms with Gasteiger partial charge in [-0.15, -0.1) is 0 Å². The van der Waals surface area contributed by atoms with Crippen molar-refractivity contribution < 1.29 is 9.47 Å². The molecule has 2 aliphatic rings. The predicted octanol–water partition coefficient (Wildman–Crippen LogP) is 4.94. The van der Waals surface area contributed by atoms with Crippen LogP contribution in [0, 0.1) is 16.7 Å². The first-order chi connectivity index (χ1) is 9.20. The van der Waals surface area contributed by atoms with Gasteiger partial charge in [-0.1, -0.05) is 38.8 Å². The summed E-state index contributed by atoms with van der Waals surface area (Å²) in [7, 11) is 3.55. The van der Waals surface area contributed by atoms with Gasteiger partial charge in [-0.05, 0) is 50.4 Å². The van der Waals surface area contributed by atoms with Crippen molar-refractivity contribution in [3.8, 4) is 0 Å². The normalized spacial score (nSPS) is 34.0. The van der Waals surface area contributed by atoms with Crippen molar-refractivity contribution >= 4 is 0 Å². The van der Waals surface area contributed by atoms with E-state index in [-0.39, 0.29) is 5.41 Å². The number of hydrogen-bond acceptors (Lipinski definition) is 2. The minimum Gasteiger partial charge on any atom is -0.353 e. The maximum atomic E-state index is 5.80. The summed E-state index contributed by atoms with van der Waals surface area (Å²) in [4.78, 5) is 0. The van der Waals surface area contributed by atoms with Gasteiger partial charge in [0.15, 0.2) is 5.79 Å². The fourth-order valence-corrected chi connectivity index (χ4v) is 4.41. The Hall–Kier alpha value is -0.340. The SMILES string of the molecule is COC(C)(OC)C1(C)CC2=C(CCCC2(C)C)CC1C. The van der Waals surface area contributed by atoms with Crippen LogP contribution in [0.15, 0.2) is 11.1 Å². The van der Waals surface area contributed by atoms with E-state index in [1.165, 1.54) is 25.7 Å². The summed E-state index contributed by atoms with van der Waals surface area (Å²) >= 11 is 0. The highest BCUT2D eigenvalue weighted by molar-refractivity contribution is 5.30. The van der Waals surface area contributed by atoms with Crippen LogP contribution in [0.1, 0.15) is 66.7 Å². The van der Waals surface area contributed by atoms with Crippen LogP contribution in [0.25, 0.3) is 0 Å². The molecule has 2 nitrogen and oxygen atoms in total. The number of hydrogen-bond donors (Lipinski definition) is 0. The third-order valence-electron chi connectivity index (χ3n) is 6.52. The minimum absolute atomic E-state index is 0.0317. The molecular formula is C18H32O2. The molecule has 0 aliphatic heterocycles. The Balaban J connectivity index is 2.43. The van der Waals surface area contributed by atoms with E-state index < -0.39 is 5.79 Å². The number of ether oxygens (including phenoxy) is 2. The van der Waals surface area contributed by atoms with Crippen LogP contribution in [0.5, 0.6) is 0 Å². The monoisotopic (exact) mass is 280 g/mol. The molecule has 2 heteroatoms. The second-order valence-corrected chi connectivity index (χ2v) is 7.87. The number of allylic oxidation sites excluding steroid dienone is 2. The Morgan fingerprint density at radius 2 is 1.75 bits per heavy atom. The zero-order valence-corrected chi connectivity index (χ0v) is 14.4. The molecule has 0 aromatic carbocycles. The standard InChI is InChI=1S/C18H32O2/c1-13-11-14-9-8-10-16(2,3)15(14)12-17(13,4)18(5,19-6)20-7/h13H,8-12H2,1-7H3. The molecule has 0 bridgehead atoms. The van der Waals surface area contributed by atoms with Crippen molar-refractivity contribution in [1.82, 2.24) is 0 Å². The van der Waals surface area contributed by atoms with Crippen LogP contribution < -0.4 is 0 Å². The highest BCUT2D eigenvalue weighted by atomic mass is 16.7. The molecule has 0 saturated carbocycles. The van der Waals surface area contributed by atoms with Crippen molar-refractivity contribution in [2.24, 2.45) is 16.7 Å². The van der Waals surface area contributed by atoms with Crippen LogP contribution in [-0.4, -0.2) is 20.0 Å². The zero-order chi connectivity index (χ0) is 15.2. The molecule has 0 N–H and O–H groups in total. The summed E-state index contributed by atoms with van der Waals surface area (Å²) in [6.07, 6.45) is 6.27. The lowest BCUT2D eigenvalue weighted by Gasteiger charge is -2.54. The summed E-state index contributed by atoms with van der Waals surface area (Å²) in [6, 6.07) is 0. The van der Waals surface area contributed by atoms with E-state index in [9.17, 15) is 0 Å². The minimum atomic E-state index is -0.515. The van der Waals surface area contributed by atoms with Crippen LogP contribution in [0.3, 0.4) is 0 Å². The maximum absolute atomic E-state index is 5.80. The third kappa shape index (κ3) is 2.25. The summed E-state index contributed by atoms with van der Waals surface area (Å²) < 4.78 is 11.6. The summed E-state index contributed by atoms with van der Waals surface area (Å²) in [5.74, 6) is 0.0680. The van der Waals surface area contributed by atoms with Gasteiger partial charge in [0.25, 0.3) is 0 Å². The van der Waals surface area contributed by atoms with E-state index in [0.717, 1.165) is 6.42 Å². The van der Waals surface area contributed by atoms with Gasteiger partial charge < -0.3 is 9.47 Å². The lowest BCUT2D eigenvalue weighted by atomic mass is 9.56. The Labute approximate surface area is 124 Å². The molecule has 20 heavy (non-hydrogen) atoms. The van der Waals surface area contributed by atoms with Crippen molar-refractivity contribution in [2.75, 3.05) is 14.2 Å². The second-order valence-electron chi connectivity index (χ2n) is 7.87. The Kier molecular flexibility index (Phi) is 4.12. The van der Waals surface area contributed by atoms with E-state index in [0.29, 0.717) is 11.3 Å². The second kappa shape index (κ2) is 5.14. The van der Waals surface area contributed by atoms with Crippen molar-refractivity contribution in [3.63, 3.8) is 0 Å². The molecule has 2 aliphatic carbocycles. The summed E-state index contributed by atoms with van der Waals surface area (Å²) in [5, 5.41) is 0. The van der Waals surface area contributed by atoms with Gasteiger partial charge in [-0.3, -0.25) is 0 Å². The lowest BCUT2D eigenvalue weighted by Crippen LogP contribution is -2.53. The molecule has 2 unspecified atom stereocenters. The van der Waals surface area contributed by atoms with Crippen molar-refractivity contribution in [1.29, 1.82) is 0 Å². The van der Waals surface area contributed by atoms with Gasteiger partial charge >= 0.3 is 0 Å². The molecule has 0 saturated heterocycles.